The first-order chi connectivity index (χ1) is 16.3. The summed E-state index contributed by atoms with van der Waals surface area (Å²) < 4.78 is 54.5. The number of carbonyl (C=O) groups is 1. The smallest absolute Gasteiger partial charge is 0.231 e. The number of nitrogens with zero attached hydrogens (tertiary/aromatic N) is 1. The van der Waals surface area contributed by atoms with Crippen LogP contribution in [0.15, 0.2) is 65.5 Å². The second-order valence-corrected chi connectivity index (χ2v) is 7.61. The van der Waals surface area contributed by atoms with Gasteiger partial charge in [-0.1, -0.05) is 12.1 Å². The number of benzene rings is 3. The molecule has 0 saturated heterocycles. The van der Waals surface area contributed by atoms with Crippen molar-refractivity contribution in [3.8, 4) is 22.8 Å². The van der Waals surface area contributed by atoms with Gasteiger partial charge >= 0.3 is 0 Å². The summed E-state index contributed by atoms with van der Waals surface area (Å²) in [5.41, 5.74) is 0.899. The minimum absolute atomic E-state index is 0.0665. The lowest BCUT2D eigenvalue weighted by atomic mass is 10.1. The maximum atomic E-state index is 14.2. The molecule has 34 heavy (non-hydrogen) atoms. The number of para-hydroxylation sites is 1. The molecule has 4 rings (SSSR count). The lowest BCUT2D eigenvalue weighted by Crippen LogP contribution is -2.19. The molecule has 0 aliphatic rings. The number of aryl methyl sites for hydroxylation is 1. The molecule has 0 N–H and O–H groups in total. The lowest BCUT2D eigenvalue weighted by Gasteiger charge is -2.18. The van der Waals surface area contributed by atoms with Crippen molar-refractivity contribution in [3.63, 3.8) is 0 Å². The van der Waals surface area contributed by atoms with Gasteiger partial charge in [-0.15, -0.1) is 0 Å². The van der Waals surface area contributed by atoms with Crippen LogP contribution in [-0.4, -0.2) is 23.6 Å². The Morgan fingerprint density at radius 3 is 2.32 bits per heavy atom. The molecule has 0 fully saturated rings. The summed E-state index contributed by atoms with van der Waals surface area (Å²) in [5.74, 6) is -3.17. The molecule has 1 heterocycles. The van der Waals surface area contributed by atoms with Crippen LogP contribution in [0.25, 0.3) is 22.2 Å². The zero-order chi connectivity index (χ0) is 24.4. The van der Waals surface area contributed by atoms with E-state index in [2.05, 4.69) is 0 Å². The number of Topliss-reactive ketones (excluding diaryl/α,β-unsaturated/α-hetero) is 1. The van der Waals surface area contributed by atoms with Crippen molar-refractivity contribution in [1.29, 1.82) is 0 Å². The first-order valence-corrected chi connectivity index (χ1v) is 10.4. The van der Waals surface area contributed by atoms with Crippen molar-refractivity contribution >= 4 is 16.7 Å². The van der Waals surface area contributed by atoms with Crippen LogP contribution in [-0.2, 0) is 7.05 Å². The molecule has 0 atom stereocenters. The molecule has 0 bridgehead atoms. The number of ketones is 1. The lowest BCUT2D eigenvalue weighted by molar-refractivity contribution is 0.101. The summed E-state index contributed by atoms with van der Waals surface area (Å²) in [6.07, 6.45) is 0. The number of halogens is 3. The summed E-state index contributed by atoms with van der Waals surface area (Å²) in [5, 5.41) is 0.387. The van der Waals surface area contributed by atoms with E-state index in [4.69, 9.17) is 9.47 Å². The van der Waals surface area contributed by atoms with Crippen LogP contribution in [0, 0.1) is 17.5 Å². The molecule has 1 aromatic heterocycles. The average Bonchev–Trinajstić information content (AvgIpc) is 2.82. The molecule has 0 radical (unpaired) electrons. The minimum Gasteiger partial charge on any atom is -0.487 e. The fraction of sp³-hybridized carbons (Fsp3) is 0.154. The van der Waals surface area contributed by atoms with Gasteiger partial charge in [-0.25, -0.2) is 13.2 Å². The maximum absolute atomic E-state index is 14.2. The first-order valence-electron chi connectivity index (χ1n) is 10.4. The van der Waals surface area contributed by atoms with Crippen molar-refractivity contribution in [3.05, 3.63) is 93.9 Å². The third kappa shape index (κ3) is 4.39. The summed E-state index contributed by atoms with van der Waals surface area (Å²) >= 11 is 0. The SMILES string of the molecule is CC(=O)c1ccc(OCCOc2c(-c3ccc(F)c(F)c3)n(C)c3ccccc3c2=O)c(F)c1. The Balaban J connectivity index is 1.65. The zero-order valence-corrected chi connectivity index (χ0v) is 18.4. The third-order valence-corrected chi connectivity index (χ3v) is 5.39. The molecule has 0 unspecified atom stereocenters. The van der Waals surface area contributed by atoms with Crippen LogP contribution in [0.3, 0.4) is 0 Å². The van der Waals surface area contributed by atoms with Gasteiger partial charge in [0.05, 0.1) is 11.2 Å². The van der Waals surface area contributed by atoms with Crippen molar-refractivity contribution < 1.29 is 27.4 Å². The highest BCUT2D eigenvalue weighted by Gasteiger charge is 2.19. The highest BCUT2D eigenvalue weighted by atomic mass is 19.2. The second kappa shape index (κ2) is 9.43. The zero-order valence-electron chi connectivity index (χ0n) is 18.4. The number of ether oxygens (including phenoxy) is 2. The van der Waals surface area contributed by atoms with Crippen LogP contribution in [0.1, 0.15) is 17.3 Å². The van der Waals surface area contributed by atoms with Crippen LogP contribution >= 0.6 is 0 Å². The summed E-state index contributed by atoms with van der Waals surface area (Å²) in [7, 11) is 1.69. The molecule has 0 aliphatic carbocycles. The predicted molar refractivity (Wildman–Crippen MR) is 122 cm³/mol. The fourth-order valence-electron chi connectivity index (χ4n) is 3.70. The van der Waals surface area contributed by atoms with Crippen LogP contribution in [0.4, 0.5) is 13.2 Å². The largest absolute Gasteiger partial charge is 0.487 e. The molecule has 0 aliphatic heterocycles. The van der Waals surface area contributed by atoms with Gasteiger partial charge in [-0.05, 0) is 55.5 Å². The number of rotatable bonds is 7. The first kappa shape index (κ1) is 23.1. The van der Waals surface area contributed by atoms with E-state index in [1.807, 2.05) is 0 Å². The normalized spacial score (nSPS) is 11.0. The molecule has 0 saturated carbocycles. The number of hydrogen-bond donors (Lipinski definition) is 0. The van der Waals surface area contributed by atoms with Gasteiger partial charge < -0.3 is 14.0 Å². The number of pyridine rings is 1. The van der Waals surface area contributed by atoms with E-state index < -0.39 is 22.9 Å². The van der Waals surface area contributed by atoms with Crippen molar-refractivity contribution in [1.82, 2.24) is 4.57 Å². The number of fused-ring (bicyclic) bond motifs is 1. The van der Waals surface area contributed by atoms with Gasteiger partial charge in [0.25, 0.3) is 0 Å². The van der Waals surface area contributed by atoms with Gasteiger partial charge in [0.2, 0.25) is 5.43 Å². The maximum Gasteiger partial charge on any atom is 0.231 e. The molecule has 0 spiro atoms. The van der Waals surface area contributed by atoms with Crippen LogP contribution in [0.5, 0.6) is 11.5 Å². The second-order valence-electron chi connectivity index (χ2n) is 7.61. The Morgan fingerprint density at radius 2 is 1.62 bits per heavy atom. The van der Waals surface area contributed by atoms with Gasteiger partial charge in [-0.3, -0.25) is 9.59 Å². The van der Waals surface area contributed by atoms with Gasteiger partial charge in [-0.2, -0.15) is 0 Å². The summed E-state index contributed by atoms with van der Waals surface area (Å²) in [4.78, 5) is 24.6. The van der Waals surface area contributed by atoms with Crippen molar-refractivity contribution in [2.45, 2.75) is 6.92 Å². The van der Waals surface area contributed by atoms with E-state index in [1.165, 1.54) is 25.1 Å². The molecule has 8 heteroatoms. The van der Waals surface area contributed by atoms with Crippen molar-refractivity contribution in [2.24, 2.45) is 7.05 Å². The van der Waals surface area contributed by atoms with Crippen LogP contribution in [0.2, 0.25) is 0 Å². The topological polar surface area (TPSA) is 57.5 Å². The number of hydrogen-bond acceptors (Lipinski definition) is 4. The van der Waals surface area contributed by atoms with Crippen molar-refractivity contribution in [2.75, 3.05) is 13.2 Å². The van der Waals surface area contributed by atoms with Gasteiger partial charge in [0.15, 0.2) is 34.7 Å². The molecular formula is C26H20F3NO4. The fourth-order valence-corrected chi connectivity index (χ4v) is 3.70. The molecular weight excluding hydrogens is 447 g/mol. The van der Waals surface area contributed by atoms with E-state index in [0.717, 1.165) is 18.2 Å². The molecule has 5 nitrogen and oxygen atoms in total. The van der Waals surface area contributed by atoms with E-state index in [9.17, 15) is 22.8 Å². The van der Waals surface area contributed by atoms with E-state index in [0.29, 0.717) is 10.9 Å². The standard InChI is InChI=1S/C26H20F3NO4/c1-15(31)16-8-10-23(21(29)13-16)33-11-12-34-26-24(17-7-9-19(27)20(28)14-17)30(2)22-6-4-3-5-18(22)25(26)32/h3-10,13-14H,11-12H2,1-2H3. The van der Waals surface area contributed by atoms with Crippen LogP contribution < -0.4 is 14.9 Å². The Morgan fingerprint density at radius 1 is 0.882 bits per heavy atom. The molecule has 4 aromatic rings. The van der Waals surface area contributed by atoms with E-state index >= 15 is 0 Å². The highest BCUT2D eigenvalue weighted by molar-refractivity contribution is 5.94. The summed E-state index contributed by atoms with van der Waals surface area (Å²) in [6, 6.07) is 14.0. The highest BCUT2D eigenvalue weighted by Crippen LogP contribution is 2.31. The monoisotopic (exact) mass is 467 g/mol. The number of carbonyl (C=O) groups excluding carboxylic acids is 1. The molecule has 0 amide bonds. The quantitative estimate of drug-likeness (QED) is 0.274. The molecule has 174 valence electrons. The van der Waals surface area contributed by atoms with Gasteiger partial charge in [0.1, 0.15) is 13.2 Å². The Kier molecular flexibility index (Phi) is 6.40. The molecule has 3 aromatic carbocycles. The van der Waals surface area contributed by atoms with E-state index in [-0.39, 0.29) is 47.3 Å². The van der Waals surface area contributed by atoms with E-state index in [1.54, 1.807) is 35.9 Å². The minimum atomic E-state index is -1.06. The Labute approximate surface area is 193 Å². The predicted octanol–water partition coefficient (Wildman–Crippen LogP) is 5.28. The van der Waals surface area contributed by atoms with Gasteiger partial charge in [0, 0.05) is 23.6 Å². The Hall–Kier alpha value is -4.07. The Bertz CT molecular complexity index is 1460. The third-order valence-electron chi connectivity index (χ3n) is 5.39. The number of aromatic nitrogens is 1. The average molecular weight is 467 g/mol. The summed E-state index contributed by atoms with van der Waals surface area (Å²) in [6.45, 7) is 1.10.